The lowest BCUT2D eigenvalue weighted by atomic mass is 10.0. The van der Waals surface area contributed by atoms with Crippen LogP contribution in [0, 0.1) is 0 Å². The third-order valence-electron chi connectivity index (χ3n) is 6.94. The molecule has 0 spiro atoms. The third kappa shape index (κ3) is 5.42. The van der Waals surface area contributed by atoms with Crippen molar-refractivity contribution >= 4 is 22.4 Å². The molecule has 1 fully saturated rings. The molecule has 0 saturated carbocycles. The Kier molecular flexibility index (Phi) is 7.61. The Morgan fingerprint density at radius 2 is 1.76 bits per heavy atom. The normalized spacial score (nSPS) is 14.9. The highest BCUT2D eigenvalue weighted by atomic mass is 16.5. The van der Waals surface area contributed by atoms with Gasteiger partial charge in [-0.25, -0.2) is 0 Å². The number of hydrogen-bond acceptors (Lipinski definition) is 6. The van der Waals surface area contributed by atoms with E-state index < -0.39 is 0 Å². The molecule has 192 valence electrons. The minimum Gasteiger partial charge on any atom is -0.497 e. The van der Waals surface area contributed by atoms with Gasteiger partial charge in [-0.2, -0.15) is 0 Å². The first-order valence-corrected chi connectivity index (χ1v) is 12.8. The number of carbonyl (C=O) groups excluding carboxylic acids is 1. The van der Waals surface area contributed by atoms with E-state index in [9.17, 15) is 4.79 Å². The number of piperazine rings is 1. The molecular formula is C30H33N3O4. The fourth-order valence-corrected chi connectivity index (χ4v) is 5.01. The van der Waals surface area contributed by atoms with Gasteiger partial charge in [0.05, 0.1) is 31.6 Å². The number of methoxy groups -OCH3 is 1. The van der Waals surface area contributed by atoms with E-state index in [1.807, 2.05) is 67.6 Å². The van der Waals surface area contributed by atoms with Gasteiger partial charge in [0, 0.05) is 38.4 Å². The van der Waals surface area contributed by atoms with Crippen LogP contribution in [0.3, 0.4) is 0 Å². The molecule has 2 heterocycles. The lowest BCUT2D eigenvalue weighted by Crippen LogP contribution is -2.49. The lowest BCUT2D eigenvalue weighted by molar-refractivity contribution is 0.0921. The second-order valence-corrected chi connectivity index (χ2v) is 9.06. The van der Waals surface area contributed by atoms with Crippen molar-refractivity contribution < 1.29 is 18.7 Å². The van der Waals surface area contributed by atoms with Crippen molar-refractivity contribution in [3.8, 4) is 11.5 Å². The zero-order chi connectivity index (χ0) is 25.6. The second kappa shape index (κ2) is 11.4. The second-order valence-electron chi connectivity index (χ2n) is 9.06. The summed E-state index contributed by atoms with van der Waals surface area (Å²) in [4.78, 5) is 18.3. The van der Waals surface area contributed by atoms with Crippen LogP contribution in [0.1, 0.15) is 29.1 Å². The molecule has 0 aliphatic carbocycles. The van der Waals surface area contributed by atoms with Gasteiger partial charge in [0.2, 0.25) is 0 Å². The van der Waals surface area contributed by atoms with Crippen LogP contribution in [-0.4, -0.2) is 57.2 Å². The summed E-state index contributed by atoms with van der Waals surface area (Å²) in [5.41, 5.74) is 1.75. The van der Waals surface area contributed by atoms with Gasteiger partial charge in [-0.05, 0) is 60.2 Å². The van der Waals surface area contributed by atoms with E-state index >= 15 is 0 Å². The Morgan fingerprint density at radius 3 is 2.46 bits per heavy atom. The number of furan rings is 1. The Balaban J connectivity index is 1.31. The summed E-state index contributed by atoms with van der Waals surface area (Å²) in [5.74, 6) is 2.16. The van der Waals surface area contributed by atoms with Gasteiger partial charge >= 0.3 is 0 Å². The van der Waals surface area contributed by atoms with Crippen molar-refractivity contribution in [2.24, 2.45) is 0 Å². The molecule has 1 N–H and O–H groups in total. The largest absolute Gasteiger partial charge is 0.497 e. The lowest BCUT2D eigenvalue weighted by Gasteiger charge is -2.39. The van der Waals surface area contributed by atoms with Crippen molar-refractivity contribution in [1.82, 2.24) is 10.2 Å². The highest BCUT2D eigenvalue weighted by Gasteiger charge is 2.28. The molecule has 1 aliphatic heterocycles. The number of carbonyl (C=O) groups is 1. The van der Waals surface area contributed by atoms with Crippen molar-refractivity contribution in [2.75, 3.05) is 51.3 Å². The van der Waals surface area contributed by atoms with E-state index in [0.29, 0.717) is 24.5 Å². The van der Waals surface area contributed by atoms with Crippen LogP contribution in [0.2, 0.25) is 0 Å². The SMILES string of the molecule is CCOc1ccc2ccccc2c1C(=O)NCC(c1ccco1)N1CCN(c2ccc(OC)cc2)CC1. The van der Waals surface area contributed by atoms with Crippen molar-refractivity contribution in [2.45, 2.75) is 13.0 Å². The number of nitrogens with zero attached hydrogens (tertiary/aromatic N) is 2. The molecule has 1 atom stereocenters. The molecule has 1 saturated heterocycles. The van der Waals surface area contributed by atoms with Crippen LogP contribution >= 0.6 is 0 Å². The number of benzene rings is 3. The van der Waals surface area contributed by atoms with Gasteiger partial charge in [0.1, 0.15) is 17.3 Å². The average Bonchev–Trinajstić information content (AvgIpc) is 3.48. The predicted molar refractivity (Wildman–Crippen MR) is 146 cm³/mol. The van der Waals surface area contributed by atoms with Crippen LogP contribution < -0.4 is 19.7 Å². The molecule has 5 rings (SSSR count). The molecule has 3 aromatic carbocycles. The number of ether oxygens (including phenoxy) is 2. The number of nitrogens with one attached hydrogen (secondary N) is 1. The summed E-state index contributed by atoms with van der Waals surface area (Å²) in [6, 6.07) is 23.8. The van der Waals surface area contributed by atoms with E-state index in [2.05, 4.69) is 27.2 Å². The maximum absolute atomic E-state index is 13.5. The van der Waals surface area contributed by atoms with Gasteiger partial charge in [0.25, 0.3) is 5.91 Å². The summed E-state index contributed by atoms with van der Waals surface area (Å²) in [7, 11) is 1.68. The molecule has 7 nitrogen and oxygen atoms in total. The van der Waals surface area contributed by atoms with Crippen LogP contribution in [0.15, 0.2) is 83.5 Å². The summed E-state index contributed by atoms with van der Waals surface area (Å²) >= 11 is 0. The van der Waals surface area contributed by atoms with E-state index in [1.54, 1.807) is 13.4 Å². The Bertz CT molecular complexity index is 1310. The van der Waals surface area contributed by atoms with Gasteiger partial charge in [0.15, 0.2) is 0 Å². The molecule has 0 bridgehead atoms. The molecular weight excluding hydrogens is 466 g/mol. The monoisotopic (exact) mass is 499 g/mol. The summed E-state index contributed by atoms with van der Waals surface area (Å²) in [5, 5.41) is 5.07. The number of rotatable bonds is 9. The minimum absolute atomic E-state index is 0.0671. The first-order chi connectivity index (χ1) is 18.2. The van der Waals surface area contributed by atoms with E-state index in [-0.39, 0.29) is 11.9 Å². The van der Waals surface area contributed by atoms with Gasteiger partial charge in [-0.3, -0.25) is 9.69 Å². The first-order valence-electron chi connectivity index (χ1n) is 12.8. The molecule has 4 aromatic rings. The zero-order valence-electron chi connectivity index (χ0n) is 21.4. The highest BCUT2D eigenvalue weighted by molar-refractivity contribution is 6.09. The molecule has 37 heavy (non-hydrogen) atoms. The summed E-state index contributed by atoms with van der Waals surface area (Å²) in [6.07, 6.45) is 1.69. The van der Waals surface area contributed by atoms with Crippen molar-refractivity contribution in [3.05, 3.63) is 90.4 Å². The molecule has 1 aliphatic rings. The van der Waals surface area contributed by atoms with Crippen LogP contribution in [0.4, 0.5) is 5.69 Å². The van der Waals surface area contributed by atoms with E-state index in [0.717, 1.165) is 48.5 Å². The molecule has 1 amide bonds. The first kappa shape index (κ1) is 24.7. The maximum Gasteiger partial charge on any atom is 0.255 e. The number of anilines is 1. The van der Waals surface area contributed by atoms with Crippen LogP contribution in [0.5, 0.6) is 11.5 Å². The smallest absolute Gasteiger partial charge is 0.255 e. The zero-order valence-corrected chi connectivity index (χ0v) is 21.4. The summed E-state index contributed by atoms with van der Waals surface area (Å²) < 4.78 is 16.9. The van der Waals surface area contributed by atoms with E-state index in [1.165, 1.54) is 5.69 Å². The van der Waals surface area contributed by atoms with Crippen molar-refractivity contribution in [1.29, 1.82) is 0 Å². The summed E-state index contributed by atoms with van der Waals surface area (Å²) in [6.45, 7) is 6.33. The Morgan fingerprint density at radius 1 is 0.973 bits per heavy atom. The Hall–Kier alpha value is -3.97. The molecule has 7 heteroatoms. The number of hydrogen-bond donors (Lipinski definition) is 1. The standard InChI is InChI=1S/C30H33N3O4/c1-3-36-28-15-10-22-7-4-5-8-25(22)29(28)30(34)31-21-26(27-9-6-20-37-27)33-18-16-32(17-19-33)23-11-13-24(35-2)14-12-23/h4-15,20,26H,3,16-19,21H2,1-2H3,(H,31,34). The predicted octanol–water partition coefficient (Wildman–Crippen LogP) is 5.13. The fourth-order valence-electron chi connectivity index (χ4n) is 5.01. The van der Waals surface area contributed by atoms with Gasteiger partial charge < -0.3 is 24.1 Å². The Labute approximate surface area is 217 Å². The van der Waals surface area contributed by atoms with Gasteiger partial charge in [-0.1, -0.05) is 30.3 Å². The van der Waals surface area contributed by atoms with Crippen LogP contribution in [0.25, 0.3) is 10.8 Å². The van der Waals surface area contributed by atoms with Gasteiger partial charge in [-0.15, -0.1) is 0 Å². The third-order valence-corrected chi connectivity index (χ3v) is 6.94. The number of fused-ring (bicyclic) bond motifs is 1. The quantitative estimate of drug-likeness (QED) is 0.344. The van der Waals surface area contributed by atoms with E-state index in [4.69, 9.17) is 13.9 Å². The van der Waals surface area contributed by atoms with Crippen molar-refractivity contribution in [3.63, 3.8) is 0 Å². The minimum atomic E-state index is -0.145. The highest BCUT2D eigenvalue weighted by Crippen LogP contribution is 2.29. The maximum atomic E-state index is 13.5. The number of amides is 1. The van der Waals surface area contributed by atoms with Crippen LogP contribution in [-0.2, 0) is 0 Å². The molecule has 1 unspecified atom stereocenters. The molecule has 0 radical (unpaired) electrons. The fraction of sp³-hybridized carbons (Fsp3) is 0.300. The molecule has 1 aromatic heterocycles. The average molecular weight is 500 g/mol. The topological polar surface area (TPSA) is 67.2 Å².